The maximum absolute atomic E-state index is 11.1. The molecule has 0 bridgehead atoms. The molecular weight excluding hydrogens is 228 g/mol. The van der Waals surface area contributed by atoms with E-state index in [1.54, 1.807) is 30.0 Å². The summed E-state index contributed by atoms with van der Waals surface area (Å²) in [5.41, 5.74) is -0.254. The Labute approximate surface area is 95.8 Å². The molecule has 84 valence electrons. The molecule has 1 heterocycles. The van der Waals surface area contributed by atoms with E-state index in [9.17, 15) is 9.90 Å². The van der Waals surface area contributed by atoms with Crippen molar-refractivity contribution in [2.75, 3.05) is 12.2 Å². The Morgan fingerprint density at radius 1 is 1.44 bits per heavy atom. The summed E-state index contributed by atoms with van der Waals surface area (Å²) in [5, 5.41) is 10.0. The first-order valence-electron chi connectivity index (χ1n) is 4.59. The summed E-state index contributed by atoms with van der Waals surface area (Å²) in [6.07, 6.45) is 1.92. The second kappa shape index (κ2) is 4.49. The molecule has 0 saturated heterocycles. The van der Waals surface area contributed by atoms with E-state index in [1.165, 1.54) is 0 Å². The van der Waals surface area contributed by atoms with Gasteiger partial charge in [0.15, 0.2) is 0 Å². The van der Waals surface area contributed by atoms with E-state index in [1.807, 2.05) is 6.26 Å². The fraction of sp³-hybridized carbons (Fsp3) is 0.182. The van der Waals surface area contributed by atoms with Crippen LogP contribution in [0.5, 0.6) is 11.5 Å². The highest BCUT2D eigenvalue weighted by Crippen LogP contribution is 2.26. The molecule has 0 fully saturated rings. The molecule has 0 aliphatic carbocycles. The SMILES string of the molecule is CSCOc1ccc2c(O)cc(=O)oc2c1. The van der Waals surface area contributed by atoms with Gasteiger partial charge in [-0.25, -0.2) is 4.79 Å². The predicted molar refractivity (Wildman–Crippen MR) is 63.2 cm³/mol. The van der Waals surface area contributed by atoms with Gasteiger partial charge in [-0.2, -0.15) is 0 Å². The van der Waals surface area contributed by atoms with Gasteiger partial charge < -0.3 is 14.3 Å². The van der Waals surface area contributed by atoms with Crippen LogP contribution >= 0.6 is 11.8 Å². The van der Waals surface area contributed by atoms with E-state index in [4.69, 9.17) is 9.15 Å². The lowest BCUT2D eigenvalue weighted by Crippen LogP contribution is -1.96. The minimum absolute atomic E-state index is 0.0809. The summed E-state index contributed by atoms with van der Waals surface area (Å²) < 4.78 is 10.3. The summed E-state index contributed by atoms with van der Waals surface area (Å²) in [6.45, 7) is 0. The highest BCUT2D eigenvalue weighted by atomic mass is 32.2. The Morgan fingerprint density at radius 2 is 2.25 bits per heavy atom. The van der Waals surface area contributed by atoms with Crippen LogP contribution in [0.1, 0.15) is 0 Å². The Bertz CT molecular complexity index is 561. The molecule has 0 unspecified atom stereocenters. The molecule has 0 atom stereocenters. The van der Waals surface area contributed by atoms with Gasteiger partial charge in [-0.3, -0.25) is 0 Å². The normalized spacial score (nSPS) is 10.6. The largest absolute Gasteiger partial charge is 0.507 e. The molecule has 16 heavy (non-hydrogen) atoms. The van der Waals surface area contributed by atoms with Gasteiger partial charge in [0.2, 0.25) is 0 Å². The van der Waals surface area contributed by atoms with Crippen molar-refractivity contribution in [3.8, 4) is 11.5 Å². The van der Waals surface area contributed by atoms with Crippen molar-refractivity contribution in [1.29, 1.82) is 0 Å². The Balaban J connectivity index is 2.49. The van der Waals surface area contributed by atoms with Gasteiger partial charge >= 0.3 is 5.63 Å². The first-order chi connectivity index (χ1) is 7.70. The molecule has 0 saturated carbocycles. The van der Waals surface area contributed by atoms with Gasteiger partial charge in [0, 0.05) is 6.07 Å². The molecule has 0 radical (unpaired) electrons. The molecule has 1 aromatic heterocycles. The quantitative estimate of drug-likeness (QED) is 0.656. The van der Waals surface area contributed by atoms with Crippen molar-refractivity contribution in [3.63, 3.8) is 0 Å². The topological polar surface area (TPSA) is 59.7 Å². The molecule has 2 rings (SSSR count). The predicted octanol–water partition coefficient (Wildman–Crippen LogP) is 2.20. The van der Waals surface area contributed by atoms with E-state index in [0.29, 0.717) is 22.7 Å². The van der Waals surface area contributed by atoms with Crippen LogP contribution in [0.25, 0.3) is 11.0 Å². The monoisotopic (exact) mass is 238 g/mol. The van der Waals surface area contributed by atoms with Gasteiger partial charge in [0.25, 0.3) is 0 Å². The zero-order valence-corrected chi connectivity index (χ0v) is 9.41. The lowest BCUT2D eigenvalue weighted by atomic mass is 10.2. The van der Waals surface area contributed by atoms with Crippen LogP contribution in [0.3, 0.4) is 0 Å². The van der Waals surface area contributed by atoms with E-state index in [2.05, 4.69) is 0 Å². The summed E-state index contributed by atoms with van der Waals surface area (Å²) in [6, 6.07) is 6.01. The third kappa shape index (κ3) is 2.14. The Kier molecular flexibility index (Phi) is 3.05. The highest BCUT2D eigenvalue weighted by molar-refractivity contribution is 7.98. The molecule has 2 aromatic rings. The van der Waals surface area contributed by atoms with Crippen LogP contribution in [-0.2, 0) is 0 Å². The summed E-state index contributed by atoms with van der Waals surface area (Å²) >= 11 is 1.54. The molecule has 0 spiro atoms. The maximum atomic E-state index is 11.1. The van der Waals surface area contributed by atoms with Crippen molar-refractivity contribution < 1.29 is 14.3 Å². The maximum Gasteiger partial charge on any atom is 0.339 e. The minimum atomic E-state index is -0.577. The van der Waals surface area contributed by atoms with Crippen molar-refractivity contribution >= 4 is 22.7 Å². The number of ether oxygens (including phenoxy) is 1. The number of benzene rings is 1. The van der Waals surface area contributed by atoms with Gasteiger partial charge in [-0.15, -0.1) is 11.8 Å². The Hall–Kier alpha value is -1.62. The van der Waals surface area contributed by atoms with Crippen LogP contribution in [0.2, 0.25) is 0 Å². The second-order valence-corrected chi connectivity index (χ2v) is 3.97. The molecule has 5 heteroatoms. The molecule has 0 amide bonds. The number of aromatic hydroxyl groups is 1. The summed E-state index contributed by atoms with van der Waals surface area (Å²) in [7, 11) is 0. The molecule has 0 aliphatic rings. The van der Waals surface area contributed by atoms with Crippen LogP contribution in [0.15, 0.2) is 33.5 Å². The Morgan fingerprint density at radius 3 is 3.00 bits per heavy atom. The summed E-state index contributed by atoms with van der Waals surface area (Å²) in [4.78, 5) is 11.1. The lowest BCUT2D eigenvalue weighted by molar-refractivity contribution is 0.392. The van der Waals surface area contributed by atoms with Gasteiger partial charge in [0.1, 0.15) is 23.0 Å². The molecular formula is C11H10O4S. The average Bonchev–Trinajstić information content (AvgIpc) is 2.25. The smallest absolute Gasteiger partial charge is 0.339 e. The third-order valence-electron chi connectivity index (χ3n) is 2.04. The van der Waals surface area contributed by atoms with Gasteiger partial charge in [-0.05, 0) is 18.4 Å². The molecule has 0 aliphatic heterocycles. The number of hydrogen-bond acceptors (Lipinski definition) is 5. The first-order valence-corrected chi connectivity index (χ1v) is 5.98. The molecule has 1 N–H and O–H groups in total. The number of rotatable bonds is 3. The minimum Gasteiger partial charge on any atom is -0.507 e. The van der Waals surface area contributed by atoms with Gasteiger partial charge in [-0.1, -0.05) is 0 Å². The standard InChI is InChI=1S/C11H10O4S/c1-16-6-14-7-2-3-8-9(12)5-11(13)15-10(8)4-7/h2-5,12H,6H2,1H3. The lowest BCUT2D eigenvalue weighted by Gasteiger charge is -2.05. The average molecular weight is 238 g/mol. The van der Waals surface area contributed by atoms with Crippen molar-refractivity contribution in [3.05, 3.63) is 34.7 Å². The zero-order chi connectivity index (χ0) is 11.5. The molecule has 1 aromatic carbocycles. The zero-order valence-electron chi connectivity index (χ0n) is 8.60. The van der Waals surface area contributed by atoms with Crippen LogP contribution in [0, 0.1) is 0 Å². The number of hydrogen-bond donors (Lipinski definition) is 1. The van der Waals surface area contributed by atoms with Crippen molar-refractivity contribution in [2.45, 2.75) is 0 Å². The van der Waals surface area contributed by atoms with Gasteiger partial charge in [0.05, 0.1) is 11.5 Å². The van der Waals surface area contributed by atoms with Crippen LogP contribution < -0.4 is 10.4 Å². The van der Waals surface area contributed by atoms with Crippen LogP contribution in [-0.4, -0.2) is 17.3 Å². The van der Waals surface area contributed by atoms with Crippen molar-refractivity contribution in [1.82, 2.24) is 0 Å². The van der Waals surface area contributed by atoms with E-state index < -0.39 is 5.63 Å². The fourth-order valence-electron chi connectivity index (χ4n) is 1.34. The first kappa shape index (κ1) is 10.9. The van der Waals surface area contributed by atoms with E-state index >= 15 is 0 Å². The van der Waals surface area contributed by atoms with Crippen LogP contribution in [0.4, 0.5) is 0 Å². The fourth-order valence-corrected chi connectivity index (χ4v) is 1.60. The van der Waals surface area contributed by atoms with E-state index in [0.717, 1.165) is 6.07 Å². The highest BCUT2D eigenvalue weighted by Gasteiger charge is 2.05. The summed E-state index contributed by atoms with van der Waals surface area (Å²) in [5.74, 6) is 1.05. The van der Waals surface area contributed by atoms with Crippen molar-refractivity contribution in [2.24, 2.45) is 0 Å². The number of fused-ring (bicyclic) bond motifs is 1. The molecule has 4 nitrogen and oxygen atoms in total. The second-order valence-electron chi connectivity index (χ2n) is 3.16. The third-order valence-corrected chi connectivity index (χ3v) is 2.39. The van der Waals surface area contributed by atoms with E-state index in [-0.39, 0.29) is 5.75 Å². The number of thioether (sulfide) groups is 1.